The van der Waals surface area contributed by atoms with E-state index in [1.165, 1.54) is 48.4 Å². The Hall–Kier alpha value is -2.38. The van der Waals surface area contributed by atoms with Gasteiger partial charge in [0, 0.05) is 30.3 Å². The van der Waals surface area contributed by atoms with E-state index in [1.807, 2.05) is 0 Å². The van der Waals surface area contributed by atoms with Crippen LogP contribution in [0.3, 0.4) is 0 Å². The Kier molecular flexibility index (Phi) is 10.2. The smallest absolute Gasteiger partial charge is 0.0555 e. The van der Waals surface area contributed by atoms with Crippen LogP contribution >= 0.6 is 0 Å². The van der Waals surface area contributed by atoms with Gasteiger partial charge in [0.15, 0.2) is 0 Å². The molecule has 1 N–H and O–H groups in total. The van der Waals surface area contributed by atoms with Crippen LogP contribution in [0.15, 0.2) is 24.3 Å². The zero-order valence-corrected chi connectivity index (χ0v) is 18.9. The summed E-state index contributed by atoms with van der Waals surface area (Å²) in [5.74, 6) is 13.7. The largest absolute Gasteiger partial charge is 0.384 e. The highest BCUT2D eigenvalue weighted by Gasteiger charge is 2.10. The van der Waals surface area contributed by atoms with Crippen molar-refractivity contribution in [3.63, 3.8) is 0 Å². The number of aryl methyl sites for hydroxylation is 1. The van der Waals surface area contributed by atoms with Gasteiger partial charge in [0.05, 0.1) is 11.3 Å². The van der Waals surface area contributed by atoms with E-state index in [2.05, 4.69) is 81.0 Å². The summed E-state index contributed by atoms with van der Waals surface area (Å²) in [5, 5.41) is 6.09. The minimum atomic E-state index is 0.956. The van der Waals surface area contributed by atoms with Gasteiger partial charge in [0.1, 0.15) is 0 Å². The fourth-order valence-electron chi connectivity index (χ4n) is 3.39. The van der Waals surface area contributed by atoms with Crippen molar-refractivity contribution in [2.24, 2.45) is 0 Å². The lowest BCUT2D eigenvalue weighted by molar-refractivity contribution is 0.744. The first-order valence-corrected chi connectivity index (χ1v) is 11.5. The third-order valence-electron chi connectivity index (χ3n) is 5.24. The van der Waals surface area contributed by atoms with Crippen molar-refractivity contribution in [2.75, 3.05) is 11.9 Å². The van der Waals surface area contributed by atoms with Crippen molar-refractivity contribution >= 4 is 16.5 Å². The maximum atomic E-state index is 3.64. The fourth-order valence-corrected chi connectivity index (χ4v) is 3.39. The maximum absolute atomic E-state index is 3.64. The Bertz CT molecular complexity index is 899. The molecule has 0 heterocycles. The van der Waals surface area contributed by atoms with Crippen LogP contribution in [-0.2, 0) is 0 Å². The quantitative estimate of drug-likeness (QED) is 0.341. The Labute approximate surface area is 178 Å². The molecule has 2 aromatic carbocycles. The number of hydrogen-bond donors (Lipinski definition) is 1. The molecule has 0 aromatic heterocycles. The molecule has 0 spiro atoms. The van der Waals surface area contributed by atoms with Gasteiger partial charge in [-0.25, -0.2) is 0 Å². The number of hydrogen-bond acceptors (Lipinski definition) is 1. The molecular weight excluding hydrogens is 350 g/mol. The second-order valence-electron chi connectivity index (χ2n) is 7.79. The minimum absolute atomic E-state index is 0.956. The molecule has 0 fully saturated rings. The van der Waals surface area contributed by atoms with Crippen LogP contribution in [0.25, 0.3) is 10.8 Å². The summed E-state index contributed by atoms with van der Waals surface area (Å²) in [5.41, 5.74) is 4.70. The number of rotatable bonds is 9. The van der Waals surface area contributed by atoms with Crippen LogP contribution in [-0.4, -0.2) is 6.54 Å². The molecule has 0 atom stereocenters. The first-order valence-electron chi connectivity index (χ1n) is 11.5. The van der Waals surface area contributed by atoms with Crippen molar-refractivity contribution in [3.05, 3.63) is 41.0 Å². The lowest BCUT2D eigenvalue weighted by Crippen LogP contribution is -2.04. The molecule has 0 unspecified atom stereocenters. The predicted octanol–water partition coefficient (Wildman–Crippen LogP) is 7.83. The SMILES string of the molecule is CCCCC#Cc1c(C)ccc2c(C#CCCCC)c(NCCCCC)ccc12. The lowest BCUT2D eigenvalue weighted by atomic mass is 9.95. The fraction of sp³-hybridized carbons (Fsp3) is 0.500. The molecule has 0 radical (unpaired) electrons. The summed E-state index contributed by atoms with van der Waals surface area (Å²) in [6.07, 6.45) is 10.3. The number of nitrogens with one attached hydrogen (secondary N) is 1. The molecule has 154 valence electrons. The highest BCUT2D eigenvalue weighted by atomic mass is 14.9. The molecular formula is C28H37N. The highest BCUT2D eigenvalue weighted by Crippen LogP contribution is 2.30. The summed E-state index contributed by atoms with van der Waals surface area (Å²) in [4.78, 5) is 0. The normalized spacial score (nSPS) is 10.2. The van der Waals surface area contributed by atoms with E-state index in [0.717, 1.165) is 49.0 Å². The molecule has 0 amide bonds. The van der Waals surface area contributed by atoms with E-state index in [9.17, 15) is 0 Å². The molecule has 0 saturated heterocycles. The summed E-state index contributed by atoms with van der Waals surface area (Å²) >= 11 is 0. The van der Waals surface area contributed by atoms with E-state index in [0.29, 0.717) is 0 Å². The third-order valence-corrected chi connectivity index (χ3v) is 5.24. The number of anilines is 1. The second kappa shape index (κ2) is 13.0. The van der Waals surface area contributed by atoms with Crippen LogP contribution in [0.5, 0.6) is 0 Å². The van der Waals surface area contributed by atoms with Crippen LogP contribution in [0.2, 0.25) is 0 Å². The first kappa shape index (κ1) is 22.9. The van der Waals surface area contributed by atoms with Gasteiger partial charge < -0.3 is 5.32 Å². The number of fused-ring (bicyclic) bond motifs is 1. The van der Waals surface area contributed by atoms with Crippen molar-refractivity contribution in [3.8, 4) is 23.7 Å². The molecule has 2 aromatic rings. The van der Waals surface area contributed by atoms with Crippen molar-refractivity contribution in [2.45, 2.75) is 85.5 Å². The second-order valence-corrected chi connectivity index (χ2v) is 7.79. The van der Waals surface area contributed by atoms with Crippen LogP contribution in [0.1, 0.15) is 95.2 Å². The van der Waals surface area contributed by atoms with Gasteiger partial charge in [0.25, 0.3) is 0 Å². The monoisotopic (exact) mass is 387 g/mol. The molecule has 2 rings (SSSR count). The van der Waals surface area contributed by atoms with E-state index < -0.39 is 0 Å². The average Bonchev–Trinajstić information content (AvgIpc) is 2.73. The number of benzene rings is 2. The molecule has 0 aliphatic carbocycles. The molecule has 0 bridgehead atoms. The van der Waals surface area contributed by atoms with Crippen LogP contribution < -0.4 is 5.32 Å². The van der Waals surface area contributed by atoms with Gasteiger partial charge in [0.2, 0.25) is 0 Å². The van der Waals surface area contributed by atoms with E-state index in [-0.39, 0.29) is 0 Å². The van der Waals surface area contributed by atoms with Gasteiger partial charge in [-0.05, 0) is 43.2 Å². The van der Waals surface area contributed by atoms with Crippen molar-refractivity contribution < 1.29 is 0 Å². The standard InChI is InChI=1S/C28H37N/c1-5-8-11-13-16-24-23(4)18-19-26-25(24)20-21-28(29-22-15-10-7-3)27(26)17-14-12-9-6-2/h18-21,29H,5-12,15,22H2,1-4H3. The molecule has 0 saturated carbocycles. The molecule has 0 aliphatic rings. The predicted molar refractivity (Wildman–Crippen MR) is 130 cm³/mol. The van der Waals surface area contributed by atoms with Crippen LogP contribution in [0, 0.1) is 30.6 Å². The lowest BCUT2D eigenvalue weighted by Gasteiger charge is -2.13. The minimum Gasteiger partial charge on any atom is -0.384 e. The van der Waals surface area contributed by atoms with Gasteiger partial charge in [-0.3, -0.25) is 0 Å². The van der Waals surface area contributed by atoms with Crippen LogP contribution in [0.4, 0.5) is 5.69 Å². The Balaban J connectivity index is 2.47. The zero-order valence-electron chi connectivity index (χ0n) is 18.9. The molecule has 29 heavy (non-hydrogen) atoms. The van der Waals surface area contributed by atoms with Gasteiger partial charge in [-0.2, -0.15) is 0 Å². The van der Waals surface area contributed by atoms with Gasteiger partial charge in [-0.1, -0.05) is 88.3 Å². The highest BCUT2D eigenvalue weighted by molar-refractivity contribution is 5.97. The first-order chi connectivity index (χ1) is 14.2. The molecule has 0 aliphatic heterocycles. The van der Waals surface area contributed by atoms with E-state index in [1.54, 1.807) is 0 Å². The Morgan fingerprint density at radius 3 is 1.93 bits per heavy atom. The Morgan fingerprint density at radius 2 is 1.28 bits per heavy atom. The summed E-state index contributed by atoms with van der Waals surface area (Å²) < 4.78 is 0. The summed E-state index contributed by atoms with van der Waals surface area (Å²) in [6.45, 7) is 9.83. The summed E-state index contributed by atoms with van der Waals surface area (Å²) in [7, 11) is 0. The van der Waals surface area contributed by atoms with Gasteiger partial charge in [-0.15, -0.1) is 0 Å². The molecule has 1 nitrogen and oxygen atoms in total. The maximum Gasteiger partial charge on any atom is 0.0555 e. The summed E-state index contributed by atoms with van der Waals surface area (Å²) in [6, 6.07) is 8.85. The zero-order chi connectivity index (χ0) is 20.9. The Morgan fingerprint density at radius 1 is 0.690 bits per heavy atom. The van der Waals surface area contributed by atoms with E-state index in [4.69, 9.17) is 0 Å². The van der Waals surface area contributed by atoms with Crippen molar-refractivity contribution in [1.29, 1.82) is 0 Å². The molecule has 1 heteroatoms. The third kappa shape index (κ3) is 6.87. The topological polar surface area (TPSA) is 12.0 Å². The average molecular weight is 388 g/mol. The number of unbranched alkanes of at least 4 members (excludes halogenated alkanes) is 6. The van der Waals surface area contributed by atoms with Crippen molar-refractivity contribution in [1.82, 2.24) is 0 Å². The van der Waals surface area contributed by atoms with Gasteiger partial charge >= 0.3 is 0 Å². The van der Waals surface area contributed by atoms with E-state index >= 15 is 0 Å².